The zero-order valence-electron chi connectivity index (χ0n) is 17.9. The fourth-order valence-electron chi connectivity index (χ4n) is 3.15. The van der Waals surface area contributed by atoms with E-state index in [0.29, 0.717) is 17.8 Å². The minimum absolute atomic E-state index is 0.0227. The Morgan fingerprint density at radius 1 is 1.00 bits per heavy atom. The summed E-state index contributed by atoms with van der Waals surface area (Å²) in [7, 11) is 1.74. The molecule has 0 spiro atoms. The van der Waals surface area contributed by atoms with Crippen molar-refractivity contribution in [3.8, 4) is 0 Å². The standard InChI is InChI=1S/C25H23N3O2S2/c1-17(29)28(2)15-20-7-3-4-8-21(20)26-24(30)19-13-11-18(12-14-19)16-31-25-27-22-9-5-6-10-23(22)32-25/h3-14H,15-16H2,1-2H3,(H,26,30). The Bertz CT molecular complexity index is 1220. The Kier molecular flexibility index (Phi) is 6.87. The second-order valence-corrected chi connectivity index (χ2v) is 9.67. The van der Waals surface area contributed by atoms with Crippen molar-refractivity contribution in [1.82, 2.24) is 9.88 Å². The maximum Gasteiger partial charge on any atom is 0.255 e. The summed E-state index contributed by atoms with van der Waals surface area (Å²) in [5.74, 6) is 0.598. The van der Waals surface area contributed by atoms with Gasteiger partial charge in [-0.2, -0.15) is 0 Å². The molecule has 0 radical (unpaired) electrons. The smallest absolute Gasteiger partial charge is 0.255 e. The summed E-state index contributed by atoms with van der Waals surface area (Å²) in [5, 5.41) is 2.97. The van der Waals surface area contributed by atoms with Gasteiger partial charge in [-0.3, -0.25) is 9.59 Å². The molecule has 0 saturated carbocycles. The zero-order chi connectivity index (χ0) is 22.5. The molecule has 0 aliphatic heterocycles. The maximum absolute atomic E-state index is 12.8. The van der Waals surface area contributed by atoms with Crippen LogP contribution in [-0.4, -0.2) is 28.7 Å². The Morgan fingerprint density at radius 3 is 2.47 bits per heavy atom. The number of fused-ring (bicyclic) bond motifs is 1. The van der Waals surface area contributed by atoms with Gasteiger partial charge >= 0.3 is 0 Å². The third-order valence-corrected chi connectivity index (χ3v) is 7.31. The van der Waals surface area contributed by atoms with Crippen molar-refractivity contribution in [2.45, 2.75) is 23.6 Å². The van der Waals surface area contributed by atoms with Crippen LogP contribution < -0.4 is 5.32 Å². The molecule has 1 N–H and O–H groups in total. The summed E-state index contributed by atoms with van der Waals surface area (Å²) in [5.41, 5.74) is 4.35. The Labute approximate surface area is 195 Å². The van der Waals surface area contributed by atoms with Gasteiger partial charge in [0.25, 0.3) is 5.91 Å². The zero-order valence-corrected chi connectivity index (χ0v) is 19.5. The van der Waals surface area contributed by atoms with Crippen LogP contribution in [0.4, 0.5) is 5.69 Å². The number of thiazole rings is 1. The van der Waals surface area contributed by atoms with Gasteiger partial charge in [-0.05, 0) is 41.5 Å². The fraction of sp³-hybridized carbons (Fsp3) is 0.160. The van der Waals surface area contributed by atoms with E-state index in [1.54, 1.807) is 35.0 Å². The highest BCUT2D eigenvalue weighted by molar-refractivity contribution is 8.00. The number of nitrogens with zero attached hydrogens (tertiary/aromatic N) is 2. The van der Waals surface area contributed by atoms with Crippen molar-refractivity contribution in [3.63, 3.8) is 0 Å². The summed E-state index contributed by atoms with van der Waals surface area (Å²) in [4.78, 5) is 30.6. The van der Waals surface area contributed by atoms with Gasteiger partial charge in [0.1, 0.15) is 0 Å². The molecule has 162 valence electrons. The Balaban J connectivity index is 1.38. The van der Waals surface area contributed by atoms with Crippen LogP contribution in [0.15, 0.2) is 77.1 Å². The molecular formula is C25H23N3O2S2. The summed E-state index contributed by atoms with van der Waals surface area (Å²) in [6.45, 7) is 1.96. The highest BCUT2D eigenvalue weighted by Gasteiger charge is 2.12. The van der Waals surface area contributed by atoms with E-state index in [4.69, 9.17) is 0 Å². The van der Waals surface area contributed by atoms with Crippen LogP contribution in [0.2, 0.25) is 0 Å². The molecule has 3 aromatic carbocycles. The van der Waals surface area contributed by atoms with E-state index in [2.05, 4.69) is 16.4 Å². The molecule has 0 aliphatic rings. The number of rotatable bonds is 7. The number of nitrogens with one attached hydrogen (secondary N) is 1. The lowest BCUT2D eigenvalue weighted by Crippen LogP contribution is -2.24. The number of amides is 2. The molecule has 2 amide bonds. The molecule has 0 atom stereocenters. The number of anilines is 1. The molecule has 5 nitrogen and oxygen atoms in total. The van der Waals surface area contributed by atoms with Gasteiger partial charge in [0.2, 0.25) is 5.91 Å². The topological polar surface area (TPSA) is 62.3 Å². The Morgan fingerprint density at radius 2 is 1.72 bits per heavy atom. The predicted octanol–water partition coefficient (Wildman–Crippen LogP) is 5.82. The van der Waals surface area contributed by atoms with Gasteiger partial charge in [0, 0.05) is 37.5 Å². The number of hydrogen-bond acceptors (Lipinski definition) is 5. The second-order valence-electron chi connectivity index (χ2n) is 7.42. The summed E-state index contributed by atoms with van der Waals surface area (Å²) in [6, 6.07) is 23.3. The number of carbonyl (C=O) groups is 2. The van der Waals surface area contributed by atoms with Gasteiger partial charge in [-0.15, -0.1) is 11.3 Å². The van der Waals surface area contributed by atoms with Crippen LogP contribution in [0.1, 0.15) is 28.4 Å². The van der Waals surface area contributed by atoms with Crippen molar-refractivity contribution >= 4 is 50.8 Å². The van der Waals surface area contributed by atoms with E-state index in [1.165, 1.54) is 11.6 Å². The molecule has 0 bridgehead atoms. The van der Waals surface area contributed by atoms with E-state index in [-0.39, 0.29) is 11.8 Å². The first kappa shape index (κ1) is 22.0. The quantitative estimate of drug-likeness (QED) is 0.352. The monoisotopic (exact) mass is 461 g/mol. The SMILES string of the molecule is CC(=O)N(C)Cc1ccccc1NC(=O)c1ccc(CSc2nc3ccccc3s2)cc1. The van der Waals surface area contributed by atoms with E-state index < -0.39 is 0 Å². The average Bonchev–Trinajstić information content (AvgIpc) is 3.22. The number of hydrogen-bond donors (Lipinski definition) is 1. The molecule has 4 aromatic rings. The number of benzene rings is 3. The van der Waals surface area contributed by atoms with Crippen LogP contribution in [0.3, 0.4) is 0 Å². The molecule has 1 aromatic heterocycles. The Hall–Kier alpha value is -3.16. The largest absolute Gasteiger partial charge is 0.342 e. The summed E-state index contributed by atoms with van der Waals surface area (Å²) < 4.78 is 2.23. The van der Waals surface area contributed by atoms with Crippen molar-refractivity contribution in [2.75, 3.05) is 12.4 Å². The van der Waals surface area contributed by atoms with Crippen molar-refractivity contribution in [3.05, 3.63) is 89.5 Å². The highest BCUT2D eigenvalue weighted by Crippen LogP contribution is 2.31. The van der Waals surface area contributed by atoms with Gasteiger partial charge in [0.05, 0.1) is 10.2 Å². The molecule has 4 rings (SSSR count). The fourth-order valence-corrected chi connectivity index (χ4v) is 5.18. The van der Waals surface area contributed by atoms with Gasteiger partial charge in [-0.1, -0.05) is 54.2 Å². The van der Waals surface area contributed by atoms with E-state index >= 15 is 0 Å². The molecule has 0 unspecified atom stereocenters. The minimum atomic E-state index is -0.173. The van der Waals surface area contributed by atoms with Gasteiger partial charge in [0.15, 0.2) is 4.34 Å². The van der Waals surface area contributed by atoms with Crippen LogP contribution in [0.5, 0.6) is 0 Å². The molecule has 32 heavy (non-hydrogen) atoms. The first-order valence-electron chi connectivity index (χ1n) is 10.2. The van der Waals surface area contributed by atoms with Crippen LogP contribution in [-0.2, 0) is 17.1 Å². The van der Waals surface area contributed by atoms with Crippen molar-refractivity contribution < 1.29 is 9.59 Å². The van der Waals surface area contributed by atoms with E-state index in [9.17, 15) is 9.59 Å². The lowest BCUT2D eigenvalue weighted by atomic mass is 10.1. The molecule has 0 saturated heterocycles. The van der Waals surface area contributed by atoms with E-state index in [0.717, 1.165) is 26.7 Å². The summed E-state index contributed by atoms with van der Waals surface area (Å²) >= 11 is 3.40. The lowest BCUT2D eigenvalue weighted by molar-refractivity contribution is -0.128. The number of para-hydroxylation sites is 2. The van der Waals surface area contributed by atoms with E-state index in [1.807, 2.05) is 66.7 Å². The van der Waals surface area contributed by atoms with Gasteiger partial charge in [-0.25, -0.2) is 4.98 Å². The van der Waals surface area contributed by atoms with Crippen molar-refractivity contribution in [1.29, 1.82) is 0 Å². The molecule has 0 fully saturated rings. The number of aromatic nitrogens is 1. The third kappa shape index (κ3) is 5.36. The normalized spacial score (nSPS) is 10.8. The summed E-state index contributed by atoms with van der Waals surface area (Å²) in [6.07, 6.45) is 0. The maximum atomic E-state index is 12.8. The second kappa shape index (κ2) is 9.97. The van der Waals surface area contributed by atoms with Crippen LogP contribution >= 0.6 is 23.1 Å². The van der Waals surface area contributed by atoms with Crippen LogP contribution in [0, 0.1) is 0 Å². The first-order valence-corrected chi connectivity index (χ1v) is 12.0. The highest BCUT2D eigenvalue weighted by atomic mass is 32.2. The first-order chi connectivity index (χ1) is 15.5. The van der Waals surface area contributed by atoms with Gasteiger partial charge < -0.3 is 10.2 Å². The molecular weight excluding hydrogens is 438 g/mol. The third-order valence-electron chi connectivity index (χ3n) is 5.06. The lowest BCUT2D eigenvalue weighted by Gasteiger charge is -2.18. The minimum Gasteiger partial charge on any atom is -0.342 e. The average molecular weight is 462 g/mol. The number of thioether (sulfide) groups is 1. The van der Waals surface area contributed by atoms with Crippen molar-refractivity contribution in [2.24, 2.45) is 0 Å². The molecule has 1 heterocycles. The molecule has 0 aliphatic carbocycles. The van der Waals surface area contributed by atoms with Crippen LogP contribution in [0.25, 0.3) is 10.2 Å². The number of carbonyl (C=O) groups excluding carboxylic acids is 2. The predicted molar refractivity (Wildman–Crippen MR) is 132 cm³/mol. The molecule has 7 heteroatoms.